The Balaban J connectivity index is 2.53. The van der Waals surface area contributed by atoms with Crippen LogP contribution in [0.25, 0.3) is 16.5 Å². The van der Waals surface area contributed by atoms with Crippen molar-refractivity contribution in [3.8, 4) is 5.75 Å². The van der Waals surface area contributed by atoms with Crippen LogP contribution in [-0.4, -0.2) is 23.4 Å². The van der Waals surface area contributed by atoms with Gasteiger partial charge in [0, 0.05) is 15.5 Å². The van der Waals surface area contributed by atoms with Crippen LogP contribution in [0.4, 0.5) is 13.2 Å². The molecule has 0 fully saturated rings. The number of nitrogens with zero attached hydrogens (tertiary/aromatic N) is 3. The summed E-state index contributed by atoms with van der Waals surface area (Å²) in [5.41, 5.74) is 7.70. The van der Waals surface area contributed by atoms with E-state index in [0.717, 1.165) is 6.08 Å². The summed E-state index contributed by atoms with van der Waals surface area (Å²) in [6.07, 6.45) is -6.60. The maximum atomic E-state index is 12.9. The summed E-state index contributed by atoms with van der Waals surface area (Å²) in [5, 5.41) is 12.3. The molecule has 1 atom stereocenters. The second-order valence-electron chi connectivity index (χ2n) is 4.31. The van der Waals surface area contributed by atoms with Crippen molar-refractivity contribution in [3.05, 3.63) is 44.3 Å². The van der Waals surface area contributed by atoms with Crippen LogP contribution in [0.1, 0.15) is 11.1 Å². The lowest BCUT2D eigenvalue weighted by molar-refractivity contribution is -0.187. The topological polar surface area (TPSA) is 95.3 Å². The molecule has 1 aliphatic rings. The molecule has 0 aromatic heterocycles. The van der Waals surface area contributed by atoms with Crippen molar-refractivity contribution in [2.75, 3.05) is 0 Å². The Morgan fingerprint density at radius 2 is 2.18 bits per heavy atom. The first kappa shape index (κ1) is 16.0. The van der Waals surface area contributed by atoms with Crippen molar-refractivity contribution >= 4 is 23.6 Å². The molecular formula is C12H7ClF3N3O3. The van der Waals surface area contributed by atoms with E-state index in [1.165, 1.54) is 12.1 Å². The molecule has 116 valence electrons. The molecule has 0 radical (unpaired) electrons. The number of azide groups is 1. The molecule has 1 heterocycles. The van der Waals surface area contributed by atoms with Crippen LogP contribution in [0.3, 0.4) is 0 Å². The maximum absolute atomic E-state index is 12.9. The number of carboxylic acids is 1. The molecule has 22 heavy (non-hydrogen) atoms. The molecule has 1 aliphatic heterocycles. The predicted molar refractivity (Wildman–Crippen MR) is 70.4 cm³/mol. The van der Waals surface area contributed by atoms with E-state index in [4.69, 9.17) is 27.0 Å². The van der Waals surface area contributed by atoms with Gasteiger partial charge in [-0.15, -0.1) is 0 Å². The van der Waals surface area contributed by atoms with Gasteiger partial charge in [-0.3, -0.25) is 0 Å². The van der Waals surface area contributed by atoms with Gasteiger partial charge in [0.25, 0.3) is 0 Å². The third-order valence-electron chi connectivity index (χ3n) is 2.87. The molecule has 6 nitrogen and oxygen atoms in total. The molecule has 1 aromatic carbocycles. The van der Waals surface area contributed by atoms with Crippen LogP contribution in [0.5, 0.6) is 5.75 Å². The van der Waals surface area contributed by atoms with E-state index in [9.17, 15) is 18.0 Å². The van der Waals surface area contributed by atoms with Crippen LogP contribution in [0.2, 0.25) is 5.02 Å². The molecule has 1 aromatic rings. The van der Waals surface area contributed by atoms with E-state index in [-0.39, 0.29) is 28.4 Å². The van der Waals surface area contributed by atoms with E-state index in [1.807, 2.05) is 0 Å². The summed E-state index contributed by atoms with van der Waals surface area (Å²) in [6, 6.07) is 2.45. The van der Waals surface area contributed by atoms with Gasteiger partial charge >= 0.3 is 12.1 Å². The lowest BCUT2D eigenvalue weighted by atomic mass is 10.00. The number of carboxylic acid groups (broad SMARTS) is 1. The number of hydrogen-bond acceptors (Lipinski definition) is 3. The van der Waals surface area contributed by atoms with Gasteiger partial charge in [0.1, 0.15) is 5.75 Å². The lowest BCUT2D eigenvalue weighted by Crippen LogP contribution is -2.40. The second-order valence-corrected chi connectivity index (χ2v) is 4.72. The van der Waals surface area contributed by atoms with E-state index >= 15 is 0 Å². The number of fused-ring (bicyclic) bond motifs is 1. The second kappa shape index (κ2) is 5.78. The Bertz CT molecular complexity index is 712. The number of aliphatic carboxylic acids is 1. The number of ether oxygens (including phenoxy) is 1. The monoisotopic (exact) mass is 333 g/mol. The number of carbonyl (C=O) groups is 1. The lowest BCUT2D eigenvalue weighted by Gasteiger charge is -2.27. The zero-order valence-corrected chi connectivity index (χ0v) is 11.4. The van der Waals surface area contributed by atoms with Gasteiger partial charge in [0.15, 0.2) is 0 Å². The largest absolute Gasteiger partial charge is 0.478 e. The minimum atomic E-state index is -4.88. The Morgan fingerprint density at radius 3 is 2.73 bits per heavy atom. The number of alkyl halides is 3. The molecule has 0 bridgehead atoms. The van der Waals surface area contributed by atoms with Gasteiger partial charge in [-0.25, -0.2) is 4.79 Å². The fraction of sp³-hybridized carbons (Fsp3) is 0.250. The third kappa shape index (κ3) is 3.10. The highest BCUT2D eigenvalue weighted by molar-refractivity contribution is 6.31. The summed E-state index contributed by atoms with van der Waals surface area (Å²) < 4.78 is 43.5. The molecule has 0 amide bonds. The van der Waals surface area contributed by atoms with E-state index < -0.39 is 23.8 Å². The summed E-state index contributed by atoms with van der Waals surface area (Å²) in [4.78, 5) is 13.5. The fourth-order valence-corrected chi connectivity index (χ4v) is 2.14. The molecule has 0 saturated carbocycles. The maximum Gasteiger partial charge on any atom is 0.430 e. The Hall–Kier alpha value is -2.38. The van der Waals surface area contributed by atoms with Gasteiger partial charge in [-0.2, -0.15) is 13.2 Å². The predicted octanol–water partition coefficient (Wildman–Crippen LogP) is 3.94. The average molecular weight is 334 g/mol. The van der Waals surface area contributed by atoms with E-state index in [1.54, 1.807) is 0 Å². The molecule has 10 heteroatoms. The normalized spacial score (nSPS) is 16.9. The molecular weight excluding hydrogens is 327 g/mol. The third-order valence-corrected chi connectivity index (χ3v) is 3.22. The minimum Gasteiger partial charge on any atom is -0.478 e. The molecule has 2 rings (SSSR count). The van der Waals surface area contributed by atoms with Gasteiger partial charge < -0.3 is 9.84 Å². The summed E-state index contributed by atoms with van der Waals surface area (Å²) in [6.45, 7) is -0.168. The van der Waals surface area contributed by atoms with Gasteiger partial charge in [0.2, 0.25) is 6.10 Å². The highest BCUT2D eigenvalue weighted by atomic mass is 35.5. The first-order chi connectivity index (χ1) is 10.2. The molecule has 0 spiro atoms. The van der Waals surface area contributed by atoms with E-state index in [0.29, 0.717) is 0 Å². The quantitative estimate of drug-likeness (QED) is 0.515. The van der Waals surface area contributed by atoms with Crippen LogP contribution in [-0.2, 0) is 11.3 Å². The first-order valence-corrected chi connectivity index (χ1v) is 6.13. The Kier molecular flexibility index (Phi) is 4.20. The zero-order valence-electron chi connectivity index (χ0n) is 10.6. The molecule has 1 unspecified atom stereocenters. The van der Waals surface area contributed by atoms with Crippen LogP contribution in [0.15, 0.2) is 22.8 Å². The summed E-state index contributed by atoms with van der Waals surface area (Å²) in [5.74, 6) is -1.91. The first-order valence-electron chi connectivity index (χ1n) is 5.75. The molecule has 0 aliphatic carbocycles. The van der Waals surface area contributed by atoms with Crippen molar-refractivity contribution in [3.63, 3.8) is 0 Å². The Labute approximate surface area is 126 Å². The van der Waals surface area contributed by atoms with Gasteiger partial charge in [0.05, 0.1) is 12.1 Å². The van der Waals surface area contributed by atoms with Crippen molar-refractivity contribution in [2.24, 2.45) is 5.11 Å². The highest BCUT2D eigenvalue weighted by Gasteiger charge is 2.48. The zero-order chi connectivity index (χ0) is 16.5. The smallest absolute Gasteiger partial charge is 0.430 e. The fourth-order valence-electron chi connectivity index (χ4n) is 1.91. The molecule has 1 N–H and O–H groups in total. The number of benzene rings is 1. The van der Waals surface area contributed by atoms with Crippen LogP contribution >= 0.6 is 11.6 Å². The molecule has 0 saturated heterocycles. The standard InChI is InChI=1S/C12H7ClF3N3O3/c13-8-2-5-1-7(11(20)21)10(12(14,15)16)22-9(5)3-6(8)4-18-19-17/h1-3,10H,4H2,(H,20,21). The van der Waals surface area contributed by atoms with Crippen molar-refractivity contribution in [2.45, 2.75) is 18.8 Å². The van der Waals surface area contributed by atoms with Crippen LogP contribution in [0, 0.1) is 0 Å². The minimum absolute atomic E-state index is 0.104. The number of halogens is 4. The average Bonchev–Trinajstić information content (AvgIpc) is 2.42. The van der Waals surface area contributed by atoms with Crippen molar-refractivity contribution in [1.82, 2.24) is 0 Å². The van der Waals surface area contributed by atoms with Gasteiger partial charge in [-0.05, 0) is 29.3 Å². The van der Waals surface area contributed by atoms with E-state index in [2.05, 4.69) is 10.0 Å². The summed E-state index contributed by atoms with van der Waals surface area (Å²) in [7, 11) is 0. The Morgan fingerprint density at radius 1 is 1.50 bits per heavy atom. The van der Waals surface area contributed by atoms with Gasteiger partial charge in [-0.1, -0.05) is 16.7 Å². The van der Waals surface area contributed by atoms with Crippen molar-refractivity contribution in [1.29, 1.82) is 0 Å². The highest BCUT2D eigenvalue weighted by Crippen LogP contribution is 2.39. The number of rotatable bonds is 3. The number of hydrogen-bond donors (Lipinski definition) is 1. The summed E-state index contributed by atoms with van der Waals surface area (Å²) >= 11 is 5.91. The van der Waals surface area contributed by atoms with Crippen molar-refractivity contribution < 1.29 is 27.8 Å². The SMILES string of the molecule is [N-]=[N+]=NCc1cc2c(cc1Cl)C=C(C(=O)O)C(C(F)(F)F)O2. The van der Waals surface area contributed by atoms with Crippen LogP contribution < -0.4 is 4.74 Å².